The molecule has 2 unspecified atom stereocenters. The number of alkyl halides is 3. The standard InChI is InChI=1S/C5H8F3NS/c1-3-2-9-4(10-3)5(6,7)8/h3-4,9H,2H2,1H3. The van der Waals surface area contributed by atoms with E-state index in [1.54, 1.807) is 6.92 Å². The van der Waals surface area contributed by atoms with Gasteiger partial charge in [0.2, 0.25) is 0 Å². The van der Waals surface area contributed by atoms with Gasteiger partial charge in [-0.25, -0.2) is 0 Å². The lowest BCUT2D eigenvalue weighted by atomic mass is 10.5. The Hall–Kier alpha value is 0.100. The average Bonchev–Trinajstić information content (AvgIpc) is 2.11. The zero-order valence-electron chi connectivity index (χ0n) is 5.40. The smallest absolute Gasteiger partial charge is 0.297 e. The van der Waals surface area contributed by atoms with Gasteiger partial charge in [-0.05, 0) is 0 Å². The van der Waals surface area contributed by atoms with Crippen LogP contribution in [0, 0.1) is 0 Å². The highest BCUT2D eigenvalue weighted by atomic mass is 32.2. The van der Waals surface area contributed by atoms with Gasteiger partial charge >= 0.3 is 6.18 Å². The van der Waals surface area contributed by atoms with Crippen molar-refractivity contribution in [1.82, 2.24) is 5.32 Å². The Morgan fingerprint density at radius 1 is 1.50 bits per heavy atom. The molecule has 1 aliphatic rings. The molecule has 60 valence electrons. The number of halogens is 3. The van der Waals surface area contributed by atoms with E-state index in [-0.39, 0.29) is 5.25 Å². The van der Waals surface area contributed by atoms with E-state index in [1.807, 2.05) is 0 Å². The van der Waals surface area contributed by atoms with Crippen molar-refractivity contribution in [2.75, 3.05) is 6.54 Å². The predicted octanol–water partition coefficient (Wildman–Crippen LogP) is 1.60. The van der Waals surface area contributed by atoms with Gasteiger partial charge in [0.1, 0.15) is 0 Å². The van der Waals surface area contributed by atoms with Crippen molar-refractivity contribution < 1.29 is 13.2 Å². The van der Waals surface area contributed by atoms with E-state index >= 15 is 0 Å². The molecule has 0 saturated carbocycles. The molecule has 0 bridgehead atoms. The summed E-state index contributed by atoms with van der Waals surface area (Å²) in [5.74, 6) is 0. The summed E-state index contributed by atoms with van der Waals surface area (Å²) in [6.07, 6.45) is -4.09. The van der Waals surface area contributed by atoms with Crippen LogP contribution < -0.4 is 5.32 Å². The Balaban J connectivity index is 2.45. The van der Waals surface area contributed by atoms with Gasteiger partial charge < -0.3 is 0 Å². The first-order valence-electron chi connectivity index (χ1n) is 2.95. The maximum Gasteiger partial charge on any atom is 0.413 e. The van der Waals surface area contributed by atoms with Crippen molar-refractivity contribution in [3.63, 3.8) is 0 Å². The molecular weight excluding hydrogens is 163 g/mol. The van der Waals surface area contributed by atoms with Crippen molar-refractivity contribution in [3.8, 4) is 0 Å². The molecule has 1 heterocycles. The first-order chi connectivity index (χ1) is 4.50. The molecule has 0 aromatic rings. The lowest BCUT2D eigenvalue weighted by Gasteiger charge is -2.12. The van der Waals surface area contributed by atoms with Gasteiger partial charge in [0.15, 0.2) is 5.37 Å². The van der Waals surface area contributed by atoms with Gasteiger partial charge in [0.05, 0.1) is 0 Å². The van der Waals surface area contributed by atoms with Crippen LogP contribution in [-0.2, 0) is 0 Å². The minimum atomic E-state index is -4.09. The van der Waals surface area contributed by atoms with Gasteiger partial charge in [-0.2, -0.15) is 13.2 Å². The van der Waals surface area contributed by atoms with Crippen LogP contribution >= 0.6 is 11.8 Å². The molecule has 5 heteroatoms. The van der Waals surface area contributed by atoms with Gasteiger partial charge in [-0.1, -0.05) is 6.92 Å². The number of nitrogens with one attached hydrogen (secondary N) is 1. The first-order valence-corrected chi connectivity index (χ1v) is 3.90. The molecule has 1 rings (SSSR count). The van der Waals surface area contributed by atoms with Crippen molar-refractivity contribution in [3.05, 3.63) is 0 Å². The molecule has 0 spiro atoms. The van der Waals surface area contributed by atoms with Crippen LogP contribution in [0.3, 0.4) is 0 Å². The fourth-order valence-electron chi connectivity index (χ4n) is 0.794. The van der Waals surface area contributed by atoms with Gasteiger partial charge in [-0.15, -0.1) is 11.8 Å². The van der Waals surface area contributed by atoms with Crippen LogP contribution in [0.1, 0.15) is 6.92 Å². The normalized spacial score (nSPS) is 34.8. The Labute approximate surface area is 61.4 Å². The van der Waals surface area contributed by atoms with Crippen molar-refractivity contribution in [1.29, 1.82) is 0 Å². The van der Waals surface area contributed by atoms with Crippen molar-refractivity contribution in [2.24, 2.45) is 0 Å². The third-order valence-electron chi connectivity index (χ3n) is 1.26. The summed E-state index contributed by atoms with van der Waals surface area (Å²) in [4.78, 5) is 0. The van der Waals surface area contributed by atoms with Crippen LogP contribution in [0.25, 0.3) is 0 Å². The lowest BCUT2D eigenvalue weighted by Crippen LogP contribution is -2.34. The third-order valence-corrected chi connectivity index (χ3v) is 2.59. The molecule has 10 heavy (non-hydrogen) atoms. The third kappa shape index (κ3) is 1.79. The fraction of sp³-hybridized carbons (Fsp3) is 1.00. The second-order valence-corrected chi connectivity index (χ2v) is 3.82. The summed E-state index contributed by atoms with van der Waals surface area (Å²) < 4.78 is 35.6. The zero-order chi connectivity index (χ0) is 7.78. The number of hydrogen-bond acceptors (Lipinski definition) is 2. The predicted molar refractivity (Wildman–Crippen MR) is 34.9 cm³/mol. The molecule has 0 aromatic heterocycles. The summed E-state index contributed by atoms with van der Waals surface area (Å²) in [6.45, 7) is 2.23. The topological polar surface area (TPSA) is 12.0 Å². The van der Waals surface area contributed by atoms with E-state index in [0.717, 1.165) is 11.8 Å². The molecule has 1 N–H and O–H groups in total. The first kappa shape index (κ1) is 8.20. The molecule has 0 aliphatic carbocycles. The molecule has 0 amide bonds. The Kier molecular flexibility index (Phi) is 2.15. The van der Waals surface area contributed by atoms with E-state index in [0.29, 0.717) is 6.54 Å². The second kappa shape index (κ2) is 2.62. The van der Waals surface area contributed by atoms with Crippen LogP contribution in [-0.4, -0.2) is 23.3 Å². The zero-order valence-corrected chi connectivity index (χ0v) is 6.22. The maximum absolute atomic E-state index is 11.9. The highest BCUT2D eigenvalue weighted by Crippen LogP contribution is 2.34. The summed E-state index contributed by atoms with van der Waals surface area (Å²) >= 11 is 0.936. The van der Waals surface area contributed by atoms with E-state index in [2.05, 4.69) is 5.32 Å². The number of hydrogen-bond donors (Lipinski definition) is 1. The van der Waals surface area contributed by atoms with Crippen LogP contribution in [0.15, 0.2) is 0 Å². The Bertz CT molecular complexity index is 125. The second-order valence-electron chi connectivity index (χ2n) is 2.28. The van der Waals surface area contributed by atoms with E-state index < -0.39 is 11.6 Å². The van der Waals surface area contributed by atoms with E-state index in [1.165, 1.54) is 0 Å². The van der Waals surface area contributed by atoms with Gasteiger partial charge in [0.25, 0.3) is 0 Å². The van der Waals surface area contributed by atoms with Crippen LogP contribution in [0.5, 0.6) is 0 Å². The number of thioether (sulfide) groups is 1. The Morgan fingerprint density at radius 3 is 2.30 bits per heavy atom. The monoisotopic (exact) mass is 171 g/mol. The number of rotatable bonds is 0. The maximum atomic E-state index is 11.9. The highest BCUT2D eigenvalue weighted by molar-refractivity contribution is 8.00. The van der Waals surface area contributed by atoms with Crippen molar-refractivity contribution >= 4 is 11.8 Å². The molecule has 1 aliphatic heterocycles. The van der Waals surface area contributed by atoms with Gasteiger partial charge in [-0.3, -0.25) is 5.32 Å². The van der Waals surface area contributed by atoms with Crippen LogP contribution in [0.2, 0.25) is 0 Å². The molecule has 1 saturated heterocycles. The quantitative estimate of drug-likeness (QED) is 0.594. The molecule has 0 radical (unpaired) electrons. The van der Waals surface area contributed by atoms with Gasteiger partial charge in [0, 0.05) is 11.8 Å². The summed E-state index contributed by atoms with van der Waals surface area (Å²) in [5.41, 5.74) is 0. The molecule has 1 fully saturated rings. The highest BCUT2D eigenvalue weighted by Gasteiger charge is 2.43. The summed E-state index contributed by atoms with van der Waals surface area (Å²) in [6, 6.07) is 0. The average molecular weight is 171 g/mol. The fourth-order valence-corrected chi connectivity index (χ4v) is 1.80. The summed E-state index contributed by atoms with van der Waals surface area (Å²) in [5, 5.41) is 1.11. The van der Waals surface area contributed by atoms with Crippen molar-refractivity contribution in [2.45, 2.75) is 23.7 Å². The van der Waals surface area contributed by atoms with Crippen LogP contribution in [0.4, 0.5) is 13.2 Å². The summed E-state index contributed by atoms with van der Waals surface area (Å²) in [7, 11) is 0. The molecule has 2 atom stereocenters. The molecular formula is C5H8F3NS. The lowest BCUT2D eigenvalue weighted by molar-refractivity contribution is -0.132. The van der Waals surface area contributed by atoms with E-state index in [9.17, 15) is 13.2 Å². The Morgan fingerprint density at radius 2 is 2.10 bits per heavy atom. The SMILES string of the molecule is CC1CNC(C(F)(F)F)S1. The molecule has 1 nitrogen and oxygen atoms in total. The van der Waals surface area contributed by atoms with E-state index in [4.69, 9.17) is 0 Å². The largest absolute Gasteiger partial charge is 0.413 e. The minimum Gasteiger partial charge on any atom is -0.297 e. The minimum absolute atomic E-state index is 0.0756. The molecule has 0 aromatic carbocycles.